The monoisotopic (exact) mass is 360 g/mol. The van der Waals surface area contributed by atoms with Gasteiger partial charge in [-0.1, -0.05) is 0 Å². The van der Waals surface area contributed by atoms with Crippen molar-refractivity contribution in [2.24, 2.45) is 5.73 Å². The van der Waals surface area contributed by atoms with E-state index in [1.165, 1.54) is 6.20 Å². The zero-order valence-electron chi connectivity index (χ0n) is 15.2. The maximum absolute atomic E-state index is 15.0. The van der Waals surface area contributed by atoms with E-state index in [2.05, 4.69) is 4.98 Å². The van der Waals surface area contributed by atoms with Crippen molar-refractivity contribution in [2.45, 2.75) is 49.7 Å². The van der Waals surface area contributed by atoms with E-state index in [0.29, 0.717) is 23.3 Å². The van der Waals surface area contributed by atoms with E-state index in [4.69, 9.17) is 15.2 Å². The zero-order chi connectivity index (χ0) is 18.5. The van der Waals surface area contributed by atoms with Gasteiger partial charge in [0.05, 0.1) is 37.6 Å². The third-order valence-electron chi connectivity index (χ3n) is 6.27. The van der Waals surface area contributed by atoms with E-state index in [1.54, 1.807) is 13.2 Å². The molecule has 0 spiro atoms. The number of aryl methyl sites for hydroxylation is 1. The summed E-state index contributed by atoms with van der Waals surface area (Å²) >= 11 is 0. The van der Waals surface area contributed by atoms with Gasteiger partial charge in [-0.2, -0.15) is 0 Å². The van der Waals surface area contributed by atoms with Crippen LogP contribution in [0.5, 0.6) is 5.75 Å². The van der Waals surface area contributed by atoms with Crippen LogP contribution >= 0.6 is 0 Å². The lowest BCUT2D eigenvalue weighted by atomic mass is 9.65. The molecule has 1 atom stereocenters. The second kappa shape index (κ2) is 6.15. The molecule has 1 saturated carbocycles. The number of halogens is 1. The van der Waals surface area contributed by atoms with E-state index in [-0.39, 0.29) is 12.1 Å². The minimum absolute atomic E-state index is 0.191. The lowest BCUT2D eigenvalue weighted by molar-refractivity contribution is -0.171. The number of aliphatic hydroxyl groups is 1. The number of nitrogens with two attached hydrogens (primary N) is 1. The van der Waals surface area contributed by atoms with Crippen LogP contribution in [0, 0.1) is 12.7 Å². The fraction of sp³-hybridized carbons (Fsp3) is 0.550. The highest BCUT2D eigenvalue weighted by molar-refractivity contribution is 5.87. The van der Waals surface area contributed by atoms with Crippen LogP contribution in [0.2, 0.25) is 0 Å². The topological polar surface area (TPSA) is 77.6 Å². The summed E-state index contributed by atoms with van der Waals surface area (Å²) in [5.74, 6) is -0.242. The van der Waals surface area contributed by atoms with Gasteiger partial charge in [0, 0.05) is 22.4 Å². The predicted octanol–water partition coefficient (Wildman–Crippen LogP) is 2.81. The number of hydrogen-bond donors (Lipinski definition) is 2. The molecular weight excluding hydrogens is 335 g/mol. The molecule has 0 amide bonds. The van der Waals surface area contributed by atoms with Gasteiger partial charge in [0.1, 0.15) is 11.6 Å². The first kappa shape index (κ1) is 17.6. The summed E-state index contributed by atoms with van der Waals surface area (Å²) in [6.07, 6.45) is 4.35. The zero-order valence-corrected chi connectivity index (χ0v) is 15.2. The number of fused-ring (bicyclic) bond motifs is 4. The van der Waals surface area contributed by atoms with E-state index in [9.17, 15) is 9.50 Å². The molecule has 1 aliphatic carbocycles. The number of hydrogen-bond acceptors (Lipinski definition) is 5. The van der Waals surface area contributed by atoms with Crippen LogP contribution in [0.1, 0.15) is 42.7 Å². The first-order valence-electron chi connectivity index (χ1n) is 9.08. The van der Waals surface area contributed by atoms with Gasteiger partial charge in [-0.25, -0.2) is 4.39 Å². The number of methoxy groups -OCH3 is 1. The van der Waals surface area contributed by atoms with Crippen LogP contribution < -0.4 is 10.5 Å². The molecule has 5 rings (SSSR count). The fourth-order valence-corrected chi connectivity index (χ4v) is 4.63. The Morgan fingerprint density at radius 3 is 2.65 bits per heavy atom. The molecule has 1 aromatic heterocycles. The lowest BCUT2D eigenvalue weighted by Gasteiger charge is -2.54. The van der Waals surface area contributed by atoms with Crippen LogP contribution in [0.4, 0.5) is 4.39 Å². The third-order valence-corrected chi connectivity index (χ3v) is 6.27. The van der Waals surface area contributed by atoms with Gasteiger partial charge in [0.2, 0.25) is 0 Å². The number of ether oxygens (including phenoxy) is 2. The van der Waals surface area contributed by atoms with E-state index in [0.717, 1.165) is 36.8 Å². The number of benzene rings is 1. The maximum Gasteiger partial charge on any atom is 0.145 e. The summed E-state index contributed by atoms with van der Waals surface area (Å²) in [6.45, 7) is 2.19. The van der Waals surface area contributed by atoms with E-state index < -0.39 is 17.3 Å². The summed E-state index contributed by atoms with van der Waals surface area (Å²) in [4.78, 5) is 4.27. The Morgan fingerprint density at radius 1 is 1.35 bits per heavy atom. The fourth-order valence-electron chi connectivity index (χ4n) is 4.63. The largest absolute Gasteiger partial charge is 0.497 e. The van der Waals surface area contributed by atoms with Gasteiger partial charge in [-0.15, -0.1) is 0 Å². The van der Waals surface area contributed by atoms with Crippen LogP contribution in [0.3, 0.4) is 0 Å². The maximum atomic E-state index is 15.0. The second-order valence-electron chi connectivity index (χ2n) is 7.81. The van der Waals surface area contributed by atoms with Crippen molar-refractivity contribution in [3.05, 3.63) is 35.3 Å². The highest BCUT2D eigenvalue weighted by atomic mass is 19.1. The molecule has 2 bridgehead atoms. The predicted molar refractivity (Wildman–Crippen MR) is 96.9 cm³/mol. The Labute approximate surface area is 152 Å². The van der Waals surface area contributed by atoms with Gasteiger partial charge >= 0.3 is 0 Å². The number of aromatic nitrogens is 1. The third kappa shape index (κ3) is 2.59. The van der Waals surface area contributed by atoms with Gasteiger partial charge in [0.25, 0.3) is 0 Å². The summed E-state index contributed by atoms with van der Waals surface area (Å²) in [6, 6.07) is 3.68. The highest BCUT2D eigenvalue weighted by Gasteiger charge is 2.52. The SMILES string of the molecule is COc1cc(C)c2ncc(F)c(C(CO)C34CCC(N)(CC3)CO4)c2c1. The Hall–Kier alpha value is -1.76. The number of rotatable bonds is 4. The molecule has 3 fully saturated rings. The summed E-state index contributed by atoms with van der Waals surface area (Å²) in [5, 5.41) is 10.9. The van der Waals surface area contributed by atoms with Crippen LogP contribution in [-0.4, -0.2) is 41.6 Å². The van der Waals surface area contributed by atoms with Crippen LogP contribution in [-0.2, 0) is 4.74 Å². The van der Waals surface area contributed by atoms with Gasteiger partial charge in [-0.05, 0) is 50.3 Å². The van der Waals surface area contributed by atoms with E-state index in [1.807, 2.05) is 13.0 Å². The van der Waals surface area contributed by atoms with Crippen molar-refractivity contribution in [2.75, 3.05) is 20.3 Å². The lowest BCUT2D eigenvalue weighted by Crippen LogP contribution is -2.61. The summed E-state index contributed by atoms with van der Waals surface area (Å²) < 4.78 is 26.5. The molecule has 2 saturated heterocycles. The average Bonchev–Trinajstić information content (AvgIpc) is 2.65. The van der Waals surface area contributed by atoms with Crippen LogP contribution in [0.25, 0.3) is 10.9 Å². The molecule has 26 heavy (non-hydrogen) atoms. The van der Waals surface area contributed by atoms with Crippen molar-refractivity contribution >= 4 is 10.9 Å². The highest BCUT2D eigenvalue weighted by Crippen LogP contribution is 2.51. The molecule has 2 aromatic rings. The molecule has 5 nitrogen and oxygen atoms in total. The average molecular weight is 360 g/mol. The Kier molecular flexibility index (Phi) is 4.17. The van der Waals surface area contributed by atoms with Gasteiger partial charge < -0.3 is 20.3 Å². The molecular formula is C20H25FN2O3. The smallest absolute Gasteiger partial charge is 0.145 e. The van der Waals surface area contributed by atoms with Crippen molar-refractivity contribution in [3.63, 3.8) is 0 Å². The minimum atomic E-state index is -0.581. The molecule has 1 aromatic carbocycles. The molecule has 2 aliphatic heterocycles. The van der Waals surface area contributed by atoms with Gasteiger partial charge in [-0.3, -0.25) is 4.98 Å². The molecule has 3 heterocycles. The first-order chi connectivity index (χ1) is 12.4. The van der Waals surface area contributed by atoms with Crippen molar-refractivity contribution in [1.29, 1.82) is 0 Å². The quantitative estimate of drug-likeness (QED) is 0.877. The standard InChI is InChI=1S/C20H25FN2O3/c1-12-7-13(25-2)8-14-17(16(21)9-23-18(12)14)15(10-24)20-5-3-19(22,4-6-20)11-26-20/h7-9,15,24H,3-6,10-11,22H2,1-2H3. The molecule has 0 radical (unpaired) electrons. The Morgan fingerprint density at radius 2 is 2.08 bits per heavy atom. The second-order valence-corrected chi connectivity index (χ2v) is 7.81. The molecule has 1 unspecified atom stereocenters. The molecule has 3 N–H and O–H groups in total. The van der Waals surface area contributed by atoms with Crippen molar-refractivity contribution < 1.29 is 19.0 Å². The van der Waals surface area contributed by atoms with Crippen molar-refractivity contribution in [1.82, 2.24) is 4.98 Å². The van der Waals surface area contributed by atoms with Crippen LogP contribution in [0.15, 0.2) is 18.3 Å². The number of pyridine rings is 1. The Bertz CT molecular complexity index is 830. The van der Waals surface area contributed by atoms with Gasteiger partial charge in [0.15, 0.2) is 0 Å². The first-order valence-corrected chi connectivity index (χ1v) is 9.08. The van der Waals surface area contributed by atoms with Crippen molar-refractivity contribution in [3.8, 4) is 5.75 Å². The Balaban J connectivity index is 1.89. The summed E-state index contributed by atoms with van der Waals surface area (Å²) in [5.41, 5.74) is 7.56. The van der Waals surface area contributed by atoms with E-state index >= 15 is 0 Å². The molecule has 140 valence electrons. The molecule has 3 aliphatic rings. The summed E-state index contributed by atoms with van der Waals surface area (Å²) in [7, 11) is 1.58. The number of nitrogens with zero attached hydrogens (tertiary/aromatic N) is 1. The molecule has 6 heteroatoms. The minimum Gasteiger partial charge on any atom is -0.497 e. The normalized spacial score (nSPS) is 29.1. The number of aliphatic hydroxyl groups excluding tert-OH is 1.